The number of carbonyl (C=O) groups is 1. The molecular formula is C40H37ClF8N8O5S2. The van der Waals surface area contributed by atoms with Crippen LogP contribution < -0.4 is 15.8 Å². The van der Waals surface area contributed by atoms with Gasteiger partial charge in [-0.2, -0.15) is 19.0 Å². The minimum atomic E-state index is -4.05. The fourth-order valence-corrected chi connectivity index (χ4v) is 9.14. The lowest BCUT2D eigenvalue weighted by molar-refractivity contribution is -0.122. The van der Waals surface area contributed by atoms with E-state index in [9.17, 15) is 48.0 Å². The topological polar surface area (TPSA) is 184 Å². The van der Waals surface area contributed by atoms with Gasteiger partial charge in [0.05, 0.1) is 32.9 Å². The maximum atomic E-state index is 15.2. The second kappa shape index (κ2) is 16.9. The van der Waals surface area contributed by atoms with Gasteiger partial charge in [-0.1, -0.05) is 23.6 Å². The first-order valence-electron chi connectivity index (χ1n) is 19.3. The molecule has 4 N–H and O–H groups in total. The molecule has 0 spiro atoms. The molecule has 0 unspecified atom stereocenters. The van der Waals surface area contributed by atoms with Crippen molar-refractivity contribution >= 4 is 54.1 Å². The monoisotopic (exact) mass is 960 g/mol. The van der Waals surface area contributed by atoms with Gasteiger partial charge in [0.1, 0.15) is 46.6 Å². The highest BCUT2D eigenvalue weighted by atomic mass is 35.5. The fraction of sp³-hybridized carbons (Fsp3) is 0.400. The number of fused-ring (bicyclic) bond motifs is 2. The Kier molecular flexibility index (Phi) is 12.3. The van der Waals surface area contributed by atoms with Crippen LogP contribution in [0.15, 0.2) is 42.5 Å². The molecule has 1 amide bonds. The van der Waals surface area contributed by atoms with E-state index in [4.69, 9.17) is 17.3 Å². The molecule has 0 bridgehead atoms. The van der Waals surface area contributed by atoms with E-state index >= 15 is 8.78 Å². The molecule has 13 nitrogen and oxygen atoms in total. The van der Waals surface area contributed by atoms with Crippen LogP contribution in [0.25, 0.3) is 22.0 Å². The molecule has 1 fully saturated rings. The molecule has 1 saturated carbocycles. The van der Waals surface area contributed by atoms with Gasteiger partial charge in [0.25, 0.3) is 18.8 Å². The van der Waals surface area contributed by atoms with Crippen LogP contribution in [0.3, 0.4) is 0 Å². The van der Waals surface area contributed by atoms with Crippen molar-refractivity contribution in [3.63, 3.8) is 0 Å². The van der Waals surface area contributed by atoms with Crippen LogP contribution in [0.5, 0.6) is 0 Å². The van der Waals surface area contributed by atoms with Crippen LogP contribution in [-0.4, -0.2) is 70.0 Å². The van der Waals surface area contributed by atoms with Crippen molar-refractivity contribution < 1.29 is 56.8 Å². The molecule has 0 radical (unpaired) electrons. The molecule has 24 heteroatoms. The zero-order chi connectivity index (χ0) is 46.8. The van der Waals surface area contributed by atoms with E-state index in [1.54, 1.807) is 0 Å². The molecule has 3 heterocycles. The average Bonchev–Trinajstić information content (AvgIpc) is 3.82. The number of nitrogens with two attached hydrogens (primary N) is 1. The Morgan fingerprint density at radius 2 is 1.64 bits per heavy atom. The highest BCUT2D eigenvalue weighted by molar-refractivity contribution is 7.93. The molecular weight excluding hydrogens is 924 g/mol. The summed E-state index contributed by atoms with van der Waals surface area (Å²) in [6.45, 7) is 0.433. The predicted molar refractivity (Wildman–Crippen MR) is 219 cm³/mol. The van der Waals surface area contributed by atoms with Crippen LogP contribution in [0.4, 0.5) is 40.9 Å². The number of anilines is 1. The molecule has 2 atom stereocenters. The number of halogens is 9. The number of sulfonamides is 1. The number of sulfone groups is 1. The maximum Gasteiger partial charge on any atom is 0.291 e. The SMILES string of the molecule is CC(C)(C#Cc1ccc(-c2ccc(Cl)c3c(NS(=O)(=O)C4CC4)nn(CC(F)F)c23)c([C@H](Cc2cc(F)cc(F)c2)NC(=O)Cn2nc(C(F)F)c3c2C(F)(F)C[C@@H]3N)n1)S(C)(=O)=O. The normalized spacial score (nSPS) is 16.8. The summed E-state index contributed by atoms with van der Waals surface area (Å²) >= 11 is 6.61. The van der Waals surface area contributed by atoms with Gasteiger partial charge in [0, 0.05) is 41.5 Å². The van der Waals surface area contributed by atoms with E-state index < -0.39 is 121 Å². The number of benzene rings is 2. The Morgan fingerprint density at radius 3 is 2.25 bits per heavy atom. The third-order valence-electron chi connectivity index (χ3n) is 10.7. The summed E-state index contributed by atoms with van der Waals surface area (Å²) in [5, 5.41) is 9.30. The smallest absolute Gasteiger partial charge is 0.291 e. The summed E-state index contributed by atoms with van der Waals surface area (Å²) in [5.74, 6) is -2.14. The molecule has 0 saturated heterocycles. The van der Waals surface area contributed by atoms with Crippen molar-refractivity contribution in [3.8, 4) is 23.0 Å². The average molecular weight is 961 g/mol. The summed E-state index contributed by atoms with van der Waals surface area (Å²) in [4.78, 5) is 18.7. The zero-order valence-electron chi connectivity index (χ0n) is 33.7. The quantitative estimate of drug-likeness (QED) is 0.0772. The fourth-order valence-electron chi connectivity index (χ4n) is 7.33. The number of nitrogens with one attached hydrogen (secondary N) is 2. The Hall–Kier alpha value is -5.31. The molecule has 3 aromatic heterocycles. The molecule has 2 aromatic carbocycles. The second-order valence-corrected chi connectivity index (χ2v) is 20.9. The number of amides is 1. The van der Waals surface area contributed by atoms with E-state index in [1.165, 1.54) is 38.1 Å². The van der Waals surface area contributed by atoms with Crippen LogP contribution in [0.1, 0.15) is 85.5 Å². The molecule has 5 aromatic rings. The Bertz CT molecular complexity index is 2960. The first-order chi connectivity index (χ1) is 29.8. The van der Waals surface area contributed by atoms with Gasteiger partial charge in [-0.15, -0.1) is 0 Å². The maximum absolute atomic E-state index is 15.2. The van der Waals surface area contributed by atoms with Gasteiger partial charge in [0.2, 0.25) is 15.9 Å². The largest absolute Gasteiger partial charge is 0.346 e. The van der Waals surface area contributed by atoms with E-state index in [0.29, 0.717) is 23.6 Å². The van der Waals surface area contributed by atoms with Crippen molar-refractivity contribution in [1.82, 2.24) is 29.9 Å². The third-order valence-corrected chi connectivity index (χ3v) is 14.8. The lowest BCUT2D eigenvalue weighted by Crippen LogP contribution is -2.35. The van der Waals surface area contributed by atoms with Crippen molar-refractivity contribution in [2.45, 2.75) is 93.5 Å². The van der Waals surface area contributed by atoms with Crippen LogP contribution in [-0.2, 0) is 50.1 Å². The van der Waals surface area contributed by atoms with Gasteiger partial charge >= 0.3 is 0 Å². The summed E-state index contributed by atoms with van der Waals surface area (Å²) in [5.41, 5.74) is 2.42. The zero-order valence-corrected chi connectivity index (χ0v) is 36.1. The summed E-state index contributed by atoms with van der Waals surface area (Å²) in [6.07, 6.45) is -6.36. The number of hydrogen-bond donors (Lipinski definition) is 3. The Labute approximate surface area is 365 Å². The number of alkyl halides is 6. The number of aromatic nitrogens is 5. The van der Waals surface area contributed by atoms with E-state index in [0.717, 1.165) is 23.1 Å². The third kappa shape index (κ3) is 9.41. The van der Waals surface area contributed by atoms with Crippen molar-refractivity contribution in [1.29, 1.82) is 0 Å². The lowest BCUT2D eigenvalue weighted by Gasteiger charge is -2.23. The highest BCUT2D eigenvalue weighted by Crippen LogP contribution is 2.49. The highest BCUT2D eigenvalue weighted by Gasteiger charge is 2.50. The summed E-state index contributed by atoms with van der Waals surface area (Å²) in [7, 11) is -7.85. The lowest BCUT2D eigenvalue weighted by atomic mass is 9.93. The van der Waals surface area contributed by atoms with Crippen molar-refractivity contribution in [2.24, 2.45) is 5.73 Å². The minimum absolute atomic E-state index is 0.00679. The molecule has 2 aliphatic carbocycles. The van der Waals surface area contributed by atoms with Gasteiger partial charge in [-0.25, -0.2) is 48.2 Å². The molecule has 64 heavy (non-hydrogen) atoms. The predicted octanol–water partition coefficient (Wildman–Crippen LogP) is 7.10. The number of pyridine rings is 1. The second-order valence-electron chi connectivity index (χ2n) is 16.0. The summed E-state index contributed by atoms with van der Waals surface area (Å²) in [6, 6.07) is 4.57. The molecule has 7 rings (SSSR count). The van der Waals surface area contributed by atoms with Crippen LogP contribution in [0.2, 0.25) is 5.02 Å². The van der Waals surface area contributed by atoms with Crippen LogP contribution >= 0.6 is 11.6 Å². The van der Waals surface area contributed by atoms with Gasteiger partial charge < -0.3 is 11.1 Å². The molecule has 2 aliphatic rings. The van der Waals surface area contributed by atoms with Gasteiger partial charge in [-0.3, -0.25) is 18.9 Å². The Morgan fingerprint density at radius 1 is 0.984 bits per heavy atom. The number of carbonyl (C=O) groups excluding carboxylic acids is 1. The molecule has 0 aliphatic heterocycles. The first-order valence-corrected chi connectivity index (χ1v) is 23.1. The number of nitrogens with zero attached hydrogens (tertiary/aromatic N) is 5. The van der Waals surface area contributed by atoms with E-state index in [1.807, 2.05) is 0 Å². The number of rotatable bonds is 14. The van der Waals surface area contributed by atoms with Gasteiger partial charge in [0.15, 0.2) is 15.7 Å². The van der Waals surface area contributed by atoms with E-state index in [2.05, 4.69) is 37.1 Å². The summed E-state index contributed by atoms with van der Waals surface area (Å²) < 4.78 is 169. The van der Waals surface area contributed by atoms with E-state index in [-0.39, 0.29) is 49.8 Å². The van der Waals surface area contributed by atoms with Crippen molar-refractivity contribution in [3.05, 3.63) is 93.0 Å². The number of hydrogen-bond acceptors (Lipinski definition) is 9. The van der Waals surface area contributed by atoms with Gasteiger partial charge in [-0.05, 0) is 74.9 Å². The molecule has 342 valence electrons. The Balaban J connectivity index is 1.44. The van der Waals surface area contributed by atoms with Crippen LogP contribution in [0, 0.1) is 23.5 Å². The van der Waals surface area contributed by atoms with Crippen molar-refractivity contribution in [2.75, 3.05) is 11.0 Å². The minimum Gasteiger partial charge on any atom is -0.346 e. The first kappa shape index (κ1) is 46.7. The standard InChI is InChI=1S/C40H37ClF8N8O5S2/c1-39(2,63(3,59)60)11-10-22-4-7-24(25-8-9-26(41)31-35(25)56(17-29(44)45)54-38(31)55-64(61,62)23-5-6-23)33(51-22)28(14-19-12-20(42)15-21(43)13-19)52-30(58)18-57-36-32(34(53-57)37(46)47)27(50)16-40(36,48)49/h4,7-9,12-13,15,23,27-29,37H,5-6,14,16-18,50H2,1-3H3,(H,52,58)(H,54,55)/t27-,28-/m0/s1.